The Balaban J connectivity index is 2.19. The first-order valence-corrected chi connectivity index (χ1v) is 6.10. The van der Waals surface area contributed by atoms with Crippen LogP contribution in [0.25, 0.3) is 0 Å². The van der Waals surface area contributed by atoms with Gasteiger partial charge in [-0.15, -0.1) is 16.7 Å². The van der Waals surface area contributed by atoms with Gasteiger partial charge in [0.1, 0.15) is 11.4 Å². The zero-order valence-corrected chi connectivity index (χ0v) is 11.0. The van der Waals surface area contributed by atoms with Gasteiger partial charge in [0, 0.05) is 13.6 Å². The molecule has 0 saturated carbocycles. The molecule has 2 atom stereocenters. The second-order valence-corrected chi connectivity index (χ2v) is 4.59. The number of hydrogen-bond donors (Lipinski definition) is 1. The van der Waals surface area contributed by atoms with Crippen molar-refractivity contribution in [2.45, 2.75) is 18.3 Å². The summed E-state index contributed by atoms with van der Waals surface area (Å²) >= 11 is 5.86. The average Bonchev–Trinajstić information content (AvgIpc) is 2.87. The molecule has 8 heteroatoms. The minimum Gasteiger partial charge on any atom is -0.406 e. The molecule has 2 rings (SSSR count). The molecule has 2 heterocycles. The number of amides is 1. The minimum atomic E-state index is -0.456. The third-order valence-corrected chi connectivity index (χ3v) is 2.88. The summed E-state index contributed by atoms with van der Waals surface area (Å²) in [5.41, 5.74) is 0. The summed E-state index contributed by atoms with van der Waals surface area (Å²) in [5, 5.41) is 10.00. The number of nitrogens with one attached hydrogen (secondary N) is 1. The van der Waals surface area contributed by atoms with Crippen LogP contribution in [0.1, 0.15) is 18.2 Å². The number of carbonyl (C=O) groups excluding carboxylic acids is 1. The van der Waals surface area contributed by atoms with E-state index in [0.717, 1.165) is 0 Å². The van der Waals surface area contributed by atoms with Crippen LogP contribution in [0.2, 0.25) is 0 Å². The SMILES string of the molecule is CNC(=O)C1COCCN1c1nnc(C(C)Cl)o1. The summed E-state index contributed by atoms with van der Waals surface area (Å²) in [6.45, 7) is 3.08. The summed E-state index contributed by atoms with van der Waals surface area (Å²) in [6.07, 6.45) is 0. The van der Waals surface area contributed by atoms with Gasteiger partial charge in [0.25, 0.3) is 0 Å². The van der Waals surface area contributed by atoms with E-state index < -0.39 is 6.04 Å². The van der Waals surface area contributed by atoms with Gasteiger partial charge in [-0.25, -0.2) is 0 Å². The van der Waals surface area contributed by atoms with Crippen molar-refractivity contribution in [2.24, 2.45) is 0 Å². The number of likely N-dealkylation sites (N-methyl/N-ethyl adjacent to an activating group) is 1. The number of hydrogen-bond acceptors (Lipinski definition) is 6. The molecule has 100 valence electrons. The van der Waals surface area contributed by atoms with Gasteiger partial charge in [-0.2, -0.15) is 0 Å². The van der Waals surface area contributed by atoms with E-state index in [1.54, 1.807) is 18.9 Å². The molecule has 1 N–H and O–H groups in total. The highest BCUT2D eigenvalue weighted by molar-refractivity contribution is 6.20. The number of halogens is 1. The Morgan fingerprint density at radius 3 is 3.00 bits per heavy atom. The van der Waals surface area contributed by atoms with Gasteiger partial charge in [-0.3, -0.25) is 4.79 Å². The highest BCUT2D eigenvalue weighted by atomic mass is 35.5. The fraction of sp³-hybridized carbons (Fsp3) is 0.700. The van der Waals surface area contributed by atoms with Gasteiger partial charge in [-0.05, 0) is 6.92 Å². The van der Waals surface area contributed by atoms with Crippen molar-refractivity contribution < 1.29 is 13.9 Å². The Labute approximate surface area is 109 Å². The standard InChI is InChI=1S/C10H15ClN4O3/c1-6(11)9-13-14-10(18-9)15-3-4-17-5-7(15)8(16)12-2/h6-7H,3-5H2,1-2H3,(H,12,16). The van der Waals surface area contributed by atoms with Crippen molar-refractivity contribution in [1.29, 1.82) is 0 Å². The number of nitrogens with zero attached hydrogens (tertiary/aromatic N) is 3. The highest BCUT2D eigenvalue weighted by Crippen LogP contribution is 2.23. The molecular weight excluding hydrogens is 260 g/mol. The van der Waals surface area contributed by atoms with E-state index in [1.807, 2.05) is 0 Å². The number of rotatable bonds is 3. The molecular formula is C10H15ClN4O3. The Morgan fingerprint density at radius 2 is 2.39 bits per heavy atom. The zero-order chi connectivity index (χ0) is 13.1. The second kappa shape index (κ2) is 5.53. The molecule has 1 amide bonds. The third kappa shape index (κ3) is 2.56. The molecule has 1 fully saturated rings. The van der Waals surface area contributed by atoms with E-state index in [1.165, 1.54) is 0 Å². The van der Waals surface area contributed by atoms with Crippen molar-refractivity contribution in [3.8, 4) is 0 Å². The van der Waals surface area contributed by atoms with Gasteiger partial charge >= 0.3 is 6.01 Å². The molecule has 1 aromatic rings. The first-order chi connectivity index (χ1) is 8.63. The second-order valence-electron chi connectivity index (χ2n) is 3.94. The first kappa shape index (κ1) is 13.1. The molecule has 7 nitrogen and oxygen atoms in total. The summed E-state index contributed by atoms with van der Waals surface area (Å²) < 4.78 is 10.7. The van der Waals surface area contributed by atoms with Crippen LogP contribution in [0.4, 0.5) is 6.01 Å². The smallest absolute Gasteiger partial charge is 0.319 e. The first-order valence-electron chi connectivity index (χ1n) is 5.67. The lowest BCUT2D eigenvalue weighted by Gasteiger charge is -2.32. The Bertz CT molecular complexity index is 423. The summed E-state index contributed by atoms with van der Waals surface area (Å²) in [6, 6.07) is -0.155. The van der Waals surface area contributed by atoms with Crippen molar-refractivity contribution in [3.05, 3.63) is 5.89 Å². The van der Waals surface area contributed by atoms with Crippen LogP contribution in [0.3, 0.4) is 0 Å². The normalized spacial score (nSPS) is 21.7. The Morgan fingerprint density at radius 1 is 1.61 bits per heavy atom. The van der Waals surface area contributed by atoms with Gasteiger partial charge in [-0.1, -0.05) is 5.10 Å². The van der Waals surface area contributed by atoms with Gasteiger partial charge < -0.3 is 19.4 Å². The molecule has 0 radical (unpaired) electrons. The van der Waals surface area contributed by atoms with E-state index >= 15 is 0 Å². The van der Waals surface area contributed by atoms with Crippen LogP contribution in [-0.2, 0) is 9.53 Å². The lowest BCUT2D eigenvalue weighted by molar-refractivity contribution is -0.124. The summed E-state index contributed by atoms with van der Waals surface area (Å²) in [4.78, 5) is 13.5. The molecule has 0 spiro atoms. The van der Waals surface area contributed by atoms with Gasteiger partial charge in [0.05, 0.1) is 13.2 Å². The van der Waals surface area contributed by atoms with Gasteiger partial charge in [0.2, 0.25) is 11.8 Å². The van der Waals surface area contributed by atoms with Crippen molar-refractivity contribution >= 4 is 23.5 Å². The highest BCUT2D eigenvalue weighted by Gasteiger charge is 2.32. The molecule has 18 heavy (non-hydrogen) atoms. The van der Waals surface area contributed by atoms with Crippen molar-refractivity contribution in [1.82, 2.24) is 15.5 Å². The average molecular weight is 275 g/mol. The van der Waals surface area contributed by atoms with E-state index in [2.05, 4.69) is 15.5 Å². The van der Waals surface area contributed by atoms with Crippen molar-refractivity contribution in [2.75, 3.05) is 31.7 Å². The van der Waals surface area contributed by atoms with Crippen LogP contribution < -0.4 is 10.2 Å². The topological polar surface area (TPSA) is 80.5 Å². The number of aromatic nitrogens is 2. The number of ether oxygens (including phenoxy) is 1. The van der Waals surface area contributed by atoms with E-state index in [0.29, 0.717) is 31.7 Å². The predicted octanol–water partition coefficient (Wildman–Crippen LogP) is 0.321. The van der Waals surface area contributed by atoms with Crippen molar-refractivity contribution in [3.63, 3.8) is 0 Å². The molecule has 1 aromatic heterocycles. The molecule has 2 unspecified atom stereocenters. The van der Waals surface area contributed by atoms with E-state index in [9.17, 15) is 4.79 Å². The Hall–Kier alpha value is -1.34. The molecule has 1 saturated heterocycles. The fourth-order valence-electron chi connectivity index (χ4n) is 1.72. The number of carbonyl (C=O) groups is 1. The largest absolute Gasteiger partial charge is 0.406 e. The predicted molar refractivity (Wildman–Crippen MR) is 64.6 cm³/mol. The quantitative estimate of drug-likeness (QED) is 0.800. The minimum absolute atomic E-state index is 0.145. The maximum absolute atomic E-state index is 11.7. The van der Waals surface area contributed by atoms with Crippen LogP contribution in [0, 0.1) is 0 Å². The molecule has 0 bridgehead atoms. The zero-order valence-electron chi connectivity index (χ0n) is 10.2. The molecule has 0 aliphatic carbocycles. The van der Waals surface area contributed by atoms with Crippen LogP contribution in [0.15, 0.2) is 4.42 Å². The van der Waals surface area contributed by atoms with Crippen LogP contribution in [-0.4, -0.2) is 49.0 Å². The maximum atomic E-state index is 11.7. The summed E-state index contributed by atoms with van der Waals surface area (Å²) in [5.74, 6) is 0.196. The van der Waals surface area contributed by atoms with Crippen LogP contribution >= 0.6 is 11.6 Å². The number of anilines is 1. The molecule has 1 aliphatic rings. The van der Waals surface area contributed by atoms with E-state index in [-0.39, 0.29) is 11.3 Å². The fourth-order valence-corrected chi connectivity index (χ4v) is 1.81. The van der Waals surface area contributed by atoms with E-state index in [4.69, 9.17) is 20.8 Å². The van der Waals surface area contributed by atoms with Gasteiger partial charge in [0.15, 0.2) is 0 Å². The Kier molecular flexibility index (Phi) is 4.03. The summed E-state index contributed by atoms with van der Waals surface area (Å²) in [7, 11) is 1.58. The van der Waals surface area contributed by atoms with Crippen LogP contribution in [0.5, 0.6) is 0 Å². The third-order valence-electron chi connectivity index (χ3n) is 2.69. The lowest BCUT2D eigenvalue weighted by Crippen LogP contribution is -2.53. The number of morpholine rings is 1. The monoisotopic (exact) mass is 274 g/mol. The molecule has 0 aromatic carbocycles. The lowest BCUT2D eigenvalue weighted by atomic mass is 10.2. The maximum Gasteiger partial charge on any atom is 0.319 e. The number of alkyl halides is 1. The molecule has 1 aliphatic heterocycles.